The number of rotatable bonds is 17. The molecule has 0 saturated carbocycles. The predicted octanol–water partition coefficient (Wildman–Crippen LogP) is -4.30. The molecule has 0 unspecified atom stereocenters. The maximum Gasteiger partial charge on any atom is 3.00 e. The normalized spacial score (nSPS) is 9.21. The zero-order chi connectivity index (χ0) is 21.7. The summed E-state index contributed by atoms with van der Waals surface area (Å²) in [6.07, 6.45) is 0. The monoisotopic (exact) mass is 819 g/mol. The average molecular weight is 819 g/mol. The molecule has 0 saturated heterocycles. The maximum absolute atomic E-state index is 11.3. The van der Waals surface area contributed by atoms with E-state index < -0.39 is 56.5 Å². The third kappa shape index (κ3) is 29.5. The molecule has 0 aliphatic heterocycles. The minimum Gasteiger partial charge on any atom is -0.870 e. The van der Waals surface area contributed by atoms with Crippen LogP contribution in [0.4, 0.5) is 0 Å². The molecule has 0 heterocycles. The third-order valence-corrected chi connectivity index (χ3v) is 3.54. The van der Waals surface area contributed by atoms with Gasteiger partial charge in [0.15, 0.2) is 0 Å². The van der Waals surface area contributed by atoms with Gasteiger partial charge in [0.1, 0.15) is 11.6 Å². The Kier molecular flexibility index (Phi) is 42.5. The van der Waals surface area contributed by atoms with E-state index in [9.17, 15) is 39.3 Å². The summed E-state index contributed by atoms with van der Waals surface area (Å²) in [5, 5.41) is 41.1. The first-order valence-electron chi connectivity index (χ1n) is 8.41. The molecule has 0 spiro atoms. The van der Waals surface area contributed by atoms with Gasteiger partial charge in [0, 0.05) is 60.3 Å². The fourth-order valence-corrected chi connectivity index (χ4v) is 2.43. The number of carbonyl (C=O) groups excluding carboxylic acids is 4. The largest absolute Gasteiger partial charge is 3.00 e. The Hall–Kier alpha value is -0.517. The summed E-state index contributed by atoms with van der Waals surface area (Å²) in [6.45, 7) is -1.68. The number of ketones is 2. The number of nitrogens with zero attached hydrogens (tertiary/aromatic N) is 3. The number of hydrogen-bond donors (Lipinski definition) is 1. The van der Waals surface area contributed by atoms with Gasteiger partial charge in [0.2, 0.25) is 0 Å². The second kappa shape index (κ2) is 28.7. The van der Waals surface area contributed by atoms with E-state index in [0.717, 1.165) is 4.90 Å². The molecule has 0 rings (SSSR count). The average Bonchev–Trinajstić information content (AvgIpc) is 2.54. The van der Waals surface area contributed by atoms with Crippen LogP contribution >= 0.6 is 0 Å². The Balaban J connectivity index is -0.000000243. The van der Waals surface area contributed by atoms with Crippen molar-refractivity contribution in [2.24, 2.45) is 0 Å². The standard InChI is InChI=1S/C16H26N3O9.CH3.Gd.2H2N.H2O.Pt/c1-12(21)6-18(9-15(25)26)4-2-17(8-14(23)24)3-5-19(10-16(27)28)7-13(22)11-20;;;;;;/h2-11H2,1H3,(H,23,24)(H,25,26)(H,27,28);1H3;;3*1H2;/q2*-1;+3;2*-1;;/p-3. The van der Waals surface area contributed by atoms with Crippen LogP contribution in [-0.4, -0.2) is 120 Å². The summed E-state index contributed by atoms with van der Waals surface area (Å²) < 4.78 is 0. The molecular weight excluding hydrogens is 787 g/mol. The zero-order valence-electron chi connectivity index (χ0n) is 18.9. The Morgan fingerprint density at radius 2 is 1.09 bits per heavy atom. The second-order valence-corrected chi connectivity index (χ2v) is 6.22. The van der Waals surface area contributed by atoms with Gasteiger partial charge in [0.05, 0.1) is 31.6 Å². The van der Waals surface area contributed by atoms with Gasteiger partial charge in [-0.05, 0) is 6.92 Å². The van der Waals surface area contributed by atoms with Crippen molar-refractivity contribution in [1.82, 2.24) is 14.7 Å². The summed E-state index contributed by atoms with van der Waals surface area (Å²) >= 11 is 0. The van der Waals surface area contributed by atoms with Crippen molar-refractivity contribution in [1.29, 1.82) is 0 Å². The summed E-state index contributed by atoms with van der Waals surface area (Å²) in [5.41, 5.74) is 0. The Morgan fingerprint density at radius 1 is 0.735 bits per heavy atom. The molecule has 0 bridgehead atoms. The molecule has 6 N–H and O–H groups in total. The summed E-state index contributed by atoms with van der Waals surface area (Å²) in [5.74, 6) is -5.00. The van der Waals surface area contributed by atoms with Crippen LogP contribution in [0.15, 0.2) is 0 Å². The maximum atomic E-state index is 11.3. The molecule has 0 aliphatic carbocycles. The zero-order valence-corrected chi connectivity index (χ0v) is 23.4. The topological polar surface area (TPSA) is 281 Å². The van der Waals surface area contributed by atoms with Crippen molar-refractivity contribution in [2.45, 2.75) is 6.92 Å². The van der Waals surface area contributed by atoms with Crippen LogP contribution < -0.4 is 15.3 Å². The van der Waals surface area contributed by atoms with E-state index in [-0.39, 0.29) is 125 Å². The van der Waals surface area contributed by atoms with E-state index in [1.54, 1.807) is 0 Å². The van der Waals surface area contributed by atoms with Crippen molar-refractivity contribution in [2.75, 3.05) is 65.5 Å². The fourth-order valence-electron chi connectivity index (χ4n) is 2.43. The number of nitrogens with two attached hydrogens (primary N) is 2. The molecule has 0 aliphatic rings. The molecule has 34 heavy (non-hydrogen) atoms. The molecule has 0 amide bonds. The molecule has 207 valence electrons. The minimum absolute atomic E-state index is 0. The van der Waals surface area contributed by atoms with Crippen LogP contribution in [0.25, 0.3) is 12.3 Å². The van der Waals surface area contributed by atoms with Crippen molar-refractivity contribution in [3.63, 3.8) is 0 Å². The van der Waals surface area contributed by atoms with E-state index in [0.29, 0.717) is 0 Å². The molecular formula is C17H32GdN5O10Pt-4. The molecule has 0 fully saturated rings. The van der Waals surface area contributed by atoms with Gasteiger partial charge < -0.3 is 55.2 Å². The van der Waals surface area contributed by atoms with Crippen LogP contribution in [-0.2, 0) is 45.0 Å². The first-order chi connectivity index (χ1) is 13.0. The number of carboxylic acid groups (broad SMARTS) is 3. The van der Waals surface area contributed by atoms with Gasteiger partial charge in [-0.25, -0.2) is 0 Å². The van der Waals surface area contributed by atoms with E-state index in [2.05, 4.69) is 0 Å². The van der Waals surface area contributed by atoms with E-state index in [4.69, 9.17) is 5.11 Å². The van der Waals surface area contributed by atoms with E-state index in [1.165, 1.54) is 16.7 Å². The van der Waals surface area contributed by atoms with Crippen molar-refractivity contribution in [3.05, 3.63) is 19.7 Å². The van der Waals surface area contributed by atoms with Gasteiger partial charge in [-0.3, -0.25) is 29.1 Å². The summed E-state index contributed by atoms with van der Waals surface area (Å²) in [7, 11) is 0. The van der Waals surface area contributed by atoms with Gasteiger partial charge in [-0.1, -0.05) is 6.61 Å². The smallest absolute Gasteiger partial charge is 0.870 e. The van der Waals surface area contributed by atoms with Gasteiger partial charge in [-0.15, -0.1) is 0 Å². The first-order valence-corrected chi connectivity index (χ1v) is 8.41. The molecule has 0 aromatic rings. The molecule has 15 nitrogen and oxygen atoms in total. The van der Waals surface area contributed by atoms with E-state index in [1.807, 2.05) is 0 Å². The molecule has 0 aromatic carbocycles. The van der Waals surface area contributed by atoms with Crippen molar-refractivity contribution in [3.8, 4) is 0 Å². The van der Waals surface area contributed by atoms with Crippen molar-refractivity contribution < 1.29 is 111 Å². The second-order valence-electron chi connectivity index (χ2n) is 6.22. The van der Waals surface area contributed by atoms with Gasteiger partial charge in [0.25, 0.3) is 0 Å². The Labute approximate surface area is 245 Å². The summed E-state index contributed by atoms with van der Waals surface area (Å²) in [4.78, 5) is 58.9. The SMILES string of the molecule is CC(=O)CN(CCN(CCN(CC(=O)[O-])CC(=O)C[O-])CC(=O)O)CC(=O)[O-].[CH3-].[Gd+3].[NH2-].[NH2-].[OH-].[Pt]. The predicted molar refractivity (Wildman–Crippen MR) is 106 cm³/mol. The fraction of sp³-hybridized carbons (Fsp3) is 0.647. The third-order valence-electron chi connectivity index (χ3n) is 3.54. The van der Waals surface area contributed by atoms with E-state index >= 15 is 0 Å². The number of aliphatic carboxylic acids is 3. The quantitative estimate of drug-likeness (QED) is 0.136. The first kappa shape index (κ1) is 50.4. The van der Waals surface area contributed by atoms with Gasteiger partial charge >= 0.3 is 45.9 Å². The molecule has 1 radical (unpaired) electrons. The van der Waals surface area contributed by atoms with Crippen LogP contribution in [0.3, 0.4) is 0 Å². The van der Waals surface area contributed by atoms with Crippen LogP contribution in [0.5, 0.6) is 0 Å². The number of Topliss-reactive ketones (excluding diaryl/α,β-unsaturated/α-hetero) is 2. The number of carboxylic acids is 3. The van der Waals surface area contributed by atoms with Crippen molar-refractivity contribution >= 4 is 29.5 Å². The molecule has 0 atom stereocenters. The van der Waals surface area contributed by atoms with Gasteiger partial charge in [-0.2, -0.15) is 0 Å². The Morgan fingerprint density at radius 3 is 1.38 bits per heavy atom. The molecule has 0 aromatic heterocycles. The Bertz CT molecular complexity index is 573. The van der Waals surface area contributed by atoms with Crippen LogP contribution in [0.2, 0.25) is 0 Å². The summed E-state index contributed by atoms with van der Waals surface area (Å²) in [6, 6.07) is 0. The molecule has 17 heteroatoms. The number of carbonyl (C=O) groups is 5. The van der Waals surface area contributed by atoms with Crippen LogP contribution in [0.1, 0.15) is 6.92 Å². The van der Waals surface area contributed by atoms with Crippen LogP contribution in [0, 0.1) is 47.4 Å². The number of hydrogen-bond acceptors (Lipinski definition) is 12. The minimum atomic E-state index is -1.45.